The van der Waals surface area contributed by atoms with Crippen molar-refractivity contribution in [2.45, 2.75) is 84.0 Å². The average Bonchev–Trinajstić information content (AvgIpc) is 2.76. The highest BCUT2D eigenvalue weighted by molar-refractivity contribution is 5.69. The van der Waals surface area contributed by atoms with E-state index in [0.717, 1.165) is 25.7 Å². The van der Waals surface area contributed by atoms with Gasteiger partial charge in [0.05, 0.1) is 0 Å². The van der Waals surface area contributed by atoms with E-state index in [0.29, 0.717) is 39.2 Å². The van der Waals surface area contributed by atoms with Crippen LogP contribution in [0, 0.1) is 0 Å². The number of rotatable bonds is 21. The van der Waals surface area contributed by atoms with Gasteiger partial charge < -0.3 is 19.9 Å². The Morgan fingerprint density at radius 2 is 1.42 bits per heavy atom. The van der Waals surface area contributed by atoms with Gasteiger partial charge >= 0.3 is 5.97 Å². The minimum Gasteiger partial charge on any atom is -0.483 e. The summed E-state index contributed by atoms with van der Waals surface area (Å²) in [7, 11) is 0. The summed E-state index contributed by atoms with van der Waals surface area (Å²) >= 11 is 0. The molecule has 7 heteroatoms. The molecule has 180 valence electrons. The van der Waals surface area contributed by atoms with Crippen molar-refractivity contribution in [1.29, 1.82) is 0 Å². The predicted octanol–water partition coefficient (Wildman–Crippen LogP) is 4.81. The maximum absolute atomic E-state index is 11.6. The van der Waals surface area contributed by atoms with Gasteiger partial charge in [0.2, 0.25) is 0 Å². The van der Waals surface area contributed by atoms with E-state index in [1.165, 1.54) is 44.9 Å². The number of carboxylic acid groups (broad SMARTS) is 1. The van der Waals surface area contributed by atoms with Crippen LogP contribution in [0.4, 0.5) is 0 Å². The van der Waals surface area contributed by atoms with E-state index >= 15 is 0 Å². The number of carbonyl (C=O) groups excluding carboxylic acids is 2. The molecule has 2 N–H and O–H groups in total. The lowest BCUT2D eigenvalue weighted by atomic mass is 10.1. The van der Waals surface area contributed by atoms with Crippen molar-refractivity contribution in [3.05, 3.63) is 24.3 Å². The number of unbranched alkanes of at least 4 members (excludes halogenated alkanes) is 8. The van der Waals surface area contributed by atoms with Crippen LogP contribution in [0.25, 0.3) is 0 Å². The molecule has 0 spiro atoms. The molecule has 7 nitrogen and oxygen atoms in total. The first-order valence-corrected chi connectivity index (χ1v) is 11.5. The molecule has 0 bridgehead atoms. The first-order chi connectivity index (χ1) is 15.2. The monoisotopic (exact) mass is 441 g/mol. The molecule has 0 unspecified atom stereocenters. The Kier molecular flexibility index (Phi) is 30.1. The van der Waals surface area contributed by atoms with E-state index in [1.54, 1.807) is 0 Å². The summed E-state index contributed by atoms with van der Waals surface area (Å²) in [6.45, 7) is 4.26. The molecule has 0 aliphatic carbocycles. The van der Waals surface area contributed by atoms with Crippen LogP contribution >= 0.6 is 0 Å². The fourth-order valence-electron chi connectivity index (χ4n) is 2.69. The fourth-order valence-corrected chi connectivity index (χ4v) is 2.69. The van der Waals surface area contributed by atoms with E-state index in [-0.39, 0.29) is 12.4 Å². The minimum absolute atomic E-state index is 0.128. The third-order valence-corrected chi connectivity index (χ3v) is 4.34. The highest BCUT2D eigenvalue weighted by atomic mass is 16.5. The predicted molar refractivity (Wildman–Crippen MR) is 124 cm³/mol. The van der Waals surface area contributed by atoms with Crippen molar-refractivity contribution >= 4 is 18.9 Å². The van der Waals surface area contributed by atoms with Crippen molar-refractivity contribution in [3.63, 3.8) is 0 Å². The molecule has 0 fully saturated rings. The molecule has 0 atom stereocenters. The molecule has 0 aliphatic heterocycles. The molecule has 0 saturated heterocycles. The van der Waals surface area contributed by atoms with Crippen LogP contribution in [0.15, 0.2) is 24.3 Å². The topological polar surface area (TPSA) is 102 Å². The SMILES string of the molecule is CCCCCC=CCC=CCCCCCCCC(=O)OCCNCCOC=O.O=CO. The molecule has 0 rings (SSSR count). The summed E-state index contributed by atoms with van der Waals surface area (Å²) in [6, 6.07) is 0. The largest absolute Gasteiger partial charge is 0.483 e. The zero-order valence-electron chi connectivity index (χ0n) is 19.3. The second kappa shape index (κ2) is 30.0. The maximum atomic E-state index is 11.6. The van der Waals surface area contributed by atoms with E-state index < -0.39 is 0 Å². The fraction of sp³-hybridized carbons (Fsp3) is 0.708. The van der Waals surface area contributed by atoms with Crippen LogP contribution in [-0.4, -0.2) is 50.3 Å². The first-order valence-electron chi connectivity index (χ1n) is 11.5. The number of carbonyl (C=O) groups is 3. The molecule has 0 radical (unpaired) electrons. The van der Waals surface area contributed by atoms with Gasteiger partial charge in [0.25, 0.3) is 12.9 Å². The Hall–Kier alpha value is -2.15. The number of esters is 1. The second-order valence-corrected chi connectivity index (χ2v) is 7.02. The summed E-state index contributed by atoms with van der Waals surface area (Å²) in [5, 5.41) is 9.92. The van der Waals surface area contributed by atoms with Gasteiger partial charge in [-0.05, 0) is 38.5 Å². The summed E-state index contributed by atoms with van der Waals surface area (Å²) in [6.07, 6.45) is 22.6. The standard InChI is InChI=1S/C23H41NO4.CH2O2/c1-2-3-4-5-6-7-8-9-10-11-12-13-14-15-16-17-23(26)28-21-19-24-18-20-27-22-25;2-1-3/h6-7,9-10,22,24H,2-5,8,11-21H2,1H3;1H,(H,2,3). The van der Waals surface area contributed by atoms with Crippen molar-refractivity contribution in [2.24, 2.45) is 0 Å². The van der Waals surface area contributed by atoms with Gasteiger partial charge in [-0.3, -0.25) is 14.4 Å². The van der Waals surface area contributed by atoms with Crippen LogP contribution in [0.2, 0.25) is 0 Å². The molecule has 0 amide bonds. The lowest BCUT2D eigenvalue weighted by Gasteiger charge is -2.06. The summed E-state index contributed by atoms with van der Waals surface area (Å²) in [5.41, 5.74) is 0. The van der Waals surface area contributed by atoms with E-state index in [4.69, 9.17) is 14.6 Å². The van der Waals surface area contributed by atoms with Gasteiger partial charge in [0.1, 0.15) is 13.2 Å². The normalized spacial score (nSPS) is 10.6. The first kappa shape index (κ1) is 31.0. The summed E-state index contributed by atoms with van der Waals surface area (Å²) in [5.74, 6) is -0.128. The minimum atomic E-state index is -0.250. The Bertz CT molecular complexity index is 451. The highest BCUT2D eigenvalue weighted by Crippen LogP contribution is 2.08. The van der Waals surface area contributed by atoms with Crippen LogP contribution in [0.3, 0.4) is 0 Å². The Balaban J connectivity index is 0. The van der Waals surface area contributed by atoms with Gasteiger partial charge in [-0.1, -0.05) is 63.3 Å². The number of nitrogens with one attached hydrogen (secondary N) is 1. The van der Waals surface area contributed by atoms with Crippen LogP contribution < -0.4 is 5.32 Å². The number of hydrogen-bond donors (Lipinski definition) is 2. The summed E-state index contributed by atoms with van der Waals surface area (Å²) in [4.78, 5) is 29.9. The van der Waals surface area contributed by atoms with Crippen LogP contribution in [0.1, 0.15) is 84.0 Å². The molecule has 31 heavy (non-hydrogen) atoms. The number of hydrogen-bond acceptors (Lipinski definition) is 6. The van der Waals surface area contributed by atoms with Gasteiger partial charge in [-0.15, -0.1) is 0 Å². The highest BCUT2D eigenvalue weighted by Gasteiger charge is 2.02. The zero-order valence-corrected chi connectivity index (χ0v) is 19.3. The number of ether oxygens (including phenoxy) is 2. The molecule has 0 heterocycles. The van der Waals surface area contributed by atoms with Gasteiger partial charge in [-0.25, -0.2) is 0 Å². The van der Waals surface area contributed by atoms with Crippen molar-refractivity contribution < 1.29 is 29.0 Å². The molecule has 0 aliphatic rings. The maximum Gasteiger partial charge on any atom is 0.305 e. The molecular formula is C24H43NO6. The van der Waals surface area contributed by atoms with Crippen molar-refractivity contribution in [3.8, 4) is 0 Å². The Morgan fingerprint density at radius 1 is 0.839 bits per heavy atom. The molecule has 0 aromatic heterocycles. The second-order valence-electron chi connectivity index (χ2n) is 7.02. The van der Waals surface area contributed by atoms with Gasteiger partial charge in [0, 0.05) is 19.5 Å². The van der Waals surface area contributed by atoms with E-state index in [9.17, 15) is 9.59 Å². The summed E-state index contributed by atoms with van der Waals surface area (Å²) < 4.78 is 9.68. The van der Waals surface area contributed by atoms with Gasteiger partial charge in [-0.2, -0.15) is 0 Å². The quantitative estimate of drug-likeness (QED) is 0.114. The van der Waals surface area contributed by atoms with E-state index in [1.807, 2.05) is 0 Å². The van der Waals surface area contributed by atoms with Crippen molar-refractivity contribution in [1.82, 2.24) is 5.32 Å². The number of allylic oxidation sites excluding steroid dienone is 4. The smallest absolute Gasteiger partial charge is 0.305 e. The van der Waals surface area contributed by atoms with Crippen LogP contribution in [0.5, 0.6) is 0 Å². The Morgan fingerprint density at radius 3 is 2.06 bits per heavy atom. The molecule has 0 saturated carbocycles. The van der Waals surface area contributed by atoms with Crippen LogP contribution in [-0.2, 0) is 23.9 Å². The molecular weight excluding hydrogens is 398 g/mol. The van der Waals surface area contributed by atoms with E-state index in [2.05, 4.69) is 41.3 Å². The molecule has 0 aromatic rings. The zero-order chi connectivity index (χ0) is 23.3. The lowest BCUT2D eigenvalue weighted by molar-refractivity contribution is -0.143. The Labute approximate surface area is 188 Å². The molecule has 0 aromatic carbocycles. The van der Waals surface area contributed by atoms with Gasteiger partial charge in [0.15, 0.2) is 0 Å². The average molecular weight is 442 g/mol. The van der Waals surface area contributed by atoms with Crippen molar-refractivity contribution in [2.75, 3.05) is 26.3 Å². The third kappa shape index (κ3) is 32.7. The lowest BCUT2D eigenvalue weighted by Crippen LogP contribution is -2.24. The third-order valence-electron chi connectivity index (χ3n) is 4.34.